The lowest BCUT2D eigenvalue weighted by atomic mass is 10.3. The van der Waals surface area contributed by atoms with Gasteiger partial charge in [-0.3, -0.25) is 0 Å². The molecule has 0 N–H and O–H groups in total. The van der Waals surface area contributed by atoms with Crippen LogP contribution in [0.2, 0.25) is 0 Å². The first-order chi connectivity index (χ1) is 8.36. The monoisotopic (exact) mass is 250 g/mol. The molecule has 2 nitrogen and oxygen atoms in total. The van der Waals surface area contributed by atoms with Gasteiger partial charge in [-0.05, 0) is 24.3 Å². The fourth-order valence-corrected chi connectivity index (χ4v) is 1.26. The highest BCUT2D eigenvalue weighted by atomic mass is 35.5. The number of methoxy groups -OCH3 is 1. The molecule has 0 spiro atoms. The Bertz CT molecular complexity index is 389. The van der Waals surface area contributed by atoms with Gasteiger partial charge in [-0.2, -0.15) is 0 Å². The van der Waals surface area contributed by atoms with E-state index < -0.39 is 0 Å². The average molecular weight is 251 g/mol. The molecule has 0 saturated carbocycles. The fraction of sp³-hybridized carbons (Fsp3) is 0.143. The number of alkyl halides is 1. The molecule has 0 radical (unpaired) electrons. The summed E-state index contributed by atoms with van der Waals surface area (Å²) in [4.78, 5) is 0. The Hall–Kier alpha value is -1.67. The van der Waals surface area contributed by atoms with Crippen LogP contribution >= 0.6 is 11.6 Å². The quantitative estimate of drug-likeness (QED) is 0.768. The second-order valence-electron chi connectivity index (χ2n) is 3.08. The van der Waals surface area contributed by atoms with Crippen LogP contribution in [0, 0.1) is 0 Å². The van der Waals surface area contributed by atoms with Crippen LogP contribution in [0.15, 0.2) is 60.7 Å². The molecular weight excluding hydrogens is 236 g/mol. The molecule has 0 aliphatic carbocycles. The second kappa shape index (κ2) is 8.48. The number of ether oxygens (including phenoxy) is 2. The van der Waals surface area contributed by atoms with Crippen molar-refractivity contribution in [2.45, 2.75) is 0 Å². The summed E-state index contributed by atoms with van der Waals surface area (Å²) < 4.78 is 9.89. The van der Waals surface area contributed by atoms with E-state index in [1.165, 1.54) is 0 Å². The van der Waals surface area contributed by atoms with Gasteiger partial charge in [0.15, 0.2) is 6.07 Å². The van der Waals surface area contributed by atoms with Gasteiger partial charge in [-0.15, -0.1) is 0 Å². The Kier molecular flexibility index (Phi) is 6.68. The summed E-state index contributed by atoms with van der Waals surface area (Å²) in [7, 11) is 1.66. The lowest BCUT2D eigenvalue weighted by Gasteiger charge is -1.97. The molecule has 0 saturated heterocycles. The van der Waals surface area contributed by atoms with Crippen LogP contribution in [0.25, 0.3) is 0 Å². The minimum Gasteiger partial charge on any atom is -0.497 e. The van der Waals surface area contributed by atoms with Gasteiger partial charge in [0, 0.05) is 0 Å². The maximum atomic E-state index is 5.31. The maximum Gasteiger partial charge on any atom is 0.162 e. The highest BCUT2D eigenvalue weighted by Crippen LogP contribution is 2.07. The Labute approximate surface area is 107 Å². The van der Waals surface area contributed by atoms with Gasteiger partial charge < -0.3 is 9.47 Å². The third-order valence-corrected chi connectivity index (χ3v) is 2.05. The second-order valence-corrected chi connectivity index (χ2v) is 3.30. The highest BCUT2D eigenvalue weighted by Gasteiger charge is 1.84. The molecule has 2 aromatic rings. The highest BCUT2D eigenvalue weighted by molar-refractivity contribution is 6.17. The van der Waals surface area contributed by atoms with Crippen molar-refractivity contribution in [3.8, 4) is 11.5 Å². The first kappa shape index (κ1) is 13.4. The Morgan fingerprint density at radius 2 is 1.29 bits per heavy atom. The van der Waals surface area contributed by atoms with Gasteiger partial charge in [-0.1, -0.05) is 48.0 Å². The zero-order chi connectivity index (χ0) is 12.3. The van der Waals surface area contributed by atoms with Gasteiger partial charge in [0.2, 0.25) is 0 Å². The third-order valence-electron chi connectivity index (χ3n) is 1.94. The predicted molar refractivity (Wildman–Crippen MR) is 70.8 cm³/mol. The summed E-state index contributed by atoms with van der Waals surface area (Å²) in [6.07, 6.45) is 0. The Morgan fingerprint density at radius 3 is 1.65 bits per heavy atom. The number of para-hydroxylation sites is 2. The molecule has 0 aromatic heterocycles. The number of halogens is 1. The molecule has 17 heavy (non-hydrogen) atoms. The number of rotatable bonds is 3. The molecule has 0 fully saturated rings. The summed E-state index contributed by atoms with van der Waals surface area (Å²) in [6, 6.07) is 19.4. The van der Waals surface area contributed by atoms with E-state index in [-0.39, 0.29) is 6.07 Å². The summed E-state index contributed by atoms with van der Waals surface area (Å²) in [5, 5.41) is 0. The molecule has 0 aliphatic rings. The number of benzene rings is 2. The lowest BCUT2D eigenvalue weighted by molar-refractivity contribution is 0.388. The van der Waals surface area contributed by atoms with Crippen LogP contribution in [0.4, 0.5) is 0 Å². The van der Waals surface area contributed by atoms with Crippen LogP contribution in [-0.2, 0) is 0 Å². The van der Waals surface area contributed by atoms with Crippen LogP contribution in [0.5, 0.6) is 11.5 Å². The average Bonchev–Trinajstić information content (AvgIpc) is 2.42. The standard InChI is InChI=1S/C7H7ClO.C7H8O/c8-6-9-7-4-2-1-3-5-7;1-8-7-5-3-2-4-6-7/h1-5H,6H2;2-6H,1H3. The van der Waals surface area contributed by atoms with Crippen molar-refractivity contribution in [3.05, 3.63) is 60.7 Å². The smallest absolute Gasteiger partial charge is 0.162 e. The Balaban J connectivity index is 0.000000171. The molecule has 0 atom stereocenters. The van der Waals surface area contributed by atoms with E-state index in [1.54, 1.807) is 7.11 Å². The van der Waals surface area contributed by atoms with E-state index >= 15 is 0 Å². The third kappa shape index (κ3) is 5.83. The molecule has 0 bridgehead atoms. The van der Waals surface area contributed by atoms with E-state index in [4.69, 9.17) is 21.1 Å². The van der Waals surface area contributed by atoms with E-state index in [9.17, 15) is 0 Å². The molecule has 0 aliphatic heterocycles. The summed E-state index contributed by atoms with van der Waals surface area (Å²) in [5.41, 5.74) is 0. The first-order valence-corrected chi connectivity index (χ1v) is 5.73. The lowest BCUT2D eigenvalue weighted by Crippen LogP contribution is -1.86. The topological polar surface area (TPSA) is 18.5 Å². The van der Waals surface area contributed by atoms with Crippen molar-refractivity contribution >= 4 is 11.6 Å². The van der Waals surface area contributed by atoms with Crippen LogP contribution in [-0.4, -0.2) is 13.2 Å². The van der Waals surface area contributed by atoms with Crippen molar-refractivity contribution in [2.24, 2.45) is 0 Å². The maximum absolute atomic E-state index is 5.31. The molecular formula is C14H15ClO2. The van der Waals surface area contributed by atoms with Crippen molar-refractivity contribution in [1.82, 2.24) is 0 Å². The number of hydrogen-bond acceptors (Lipinski definition) is 2. The first-order valence-electron chi connectivity index (χ1n) is 5.19. The largest absolute Gasteiger partial charge is 0.497 e. The predicted octanol–water partition coefficient (Wildman–Crippen LogP) is 3.96. The van der Waals surface area contributed by atoms with Gasteiger partial charge in [0.25, 0.3) is 0 Å². The zero-order valence-corrected chi connectivity index (χ0v) is 10.4. The number of hydrogen-bond donors (Lipinski definition) is 0. The van der Waals surface area contributed by atoms with Gasteiger partial charge >= 0.3 is 0 Å². The minimum absolute atomic E-state index is 0.212. The molecule has 2 rings (SSSR count). The molecule has 0 amide bonds. The summed E-state index contributed by atoms with van der Waals surface area (Å²) in [5.74, 6) is 1.72. The van der Waals surface area contributed by atoms with E-state index in [0.717, 1.165) is 11.5 Å². The molecule has 0 unspecified atom stereocenters. The minimum atomic E-state index is 0.212. The summed E-state index contributed by atoms with van der Waals surface area (Å²) >= 11 is 5.31. The van der Waals surface area contributed by atoms with E-state index in [1.807, 2.05) is 60.7 Å². The molecule has 2 aromatic carbocycles. The molecule has 90 valence electrons. The molecule has 0 heterocycles. The van der Waals surface area contributed by atoms with Crippen molar-refractivity contribution in [3.63, 3.8) is 0 Å². The van der Waals surface area contributed by atoms with Crippen LogP contribution < -0.4 is 9.47 Å². The van der Waals surface area contributed by atoms with Crippen LogP contribution in [0.1, 0.15) is 0 Å². The van der Waals surface area contributed by atoms with Gasteiger partial charge in [-0.25, -0.2) is 0 Å². The van der Waals surface area contributed by atoms with Gasteiger partial charge in [0.05, 0.1) is 7.11 Å². The zero-order valence-electron chi connectivity index (χ0n) is 9.68. The van der Waals surface area contributed by atoms with E-state index in [0.29, 0.717) is 0 Å². The Morgan fingerprint density at radius 1 is 0.824 bits per heavy atom. The van der Waals surface area contributed by atoms with Gasteiger partial charge in [0.1, 0.15) is 11.5 Å². The summed E-state index contributed by atoms with van der Waals surface area (Å²) in [6.45, 7) is 0. The van der Waals surface area contributed by atoms with Crippen molar-refractivity contribution in [1.29, 1.82) is 0 Å². The molecule has 3 heteroatoms. The van der Waals surface area contributed by atoms with Crippen molar-refractivity contribution in [2.75, 3.05) is 13.2 Å². The SMILES string of the molecule is COc1ccccc1.ClCOc1ccccc1. The van der Waals surface area contributed by atoms with Crippen molar-refractivity contribution < 1.29 is 9.47 Å². The normalized spacial score (nSPS) is 8.82. The fourth-order valence-electron chi connectivity index (χ4n) is 1.14. The van der Waals surface area contributed by atoms with Crippen LogP contribution in [0.3, 0.4) is 0 Å². The van der Waals surface area contributed by atoms with E-state index in [2.05, 4.69) is 0 Å².